The first-order chi connectivity index (χ1) is 14.6. The van der Waals surface area contributed by atoms with Gasteiger partial charge in [-0.2, -0.15) is 5.26 Å². The van der Waals surface area contributed by atoms with Crippen LogP contribution in [0.3, 0.4) is 0 Å². The summed E-state index contributed by atoms with van der Waals surface area (Å²) in [6, 6.07) is 9.50. The van der Waals surface area contributed by atoms with E-state index in [0.717, 1.165) is 5.56 Å². The number of sulfonamides is 1. The number of pyridine rings is 1. The Morgan fingerprint density at radius 3 is 2.35 bits per heavy atom. The van der Waals surface area contributed by atoms with Crippen molar-refractivity contribution in [1.82, 2.24) is 9.71 Å². The molecule has 10 heteroatoms. The molecule has 0 spiro atoms. The zero-order valence-electron chi connectivity index (χ0n) is 17.1. The number of piperidine rings is 1. The minimum absolute atomic E-state index is 0.0285. The van der Waals surface area contributed by atoms with Gasteiger partial charge in [0.2, 0.25) is 5.91 Å². The Morgan fingerprint density at radius 1 is 1.19 bits per heavy atom. The van der Waals surface area contributed by atoms with Crippen LogP contribution in [0, 0.1) is 31.1 Å². The van der Waals surface area contributed by atoms with Crippen LogP contribution in [0.5, 0.6) is 0 Å². The van der Waals surface area contributed by atoms with Crippen LogP contribution in [0.25, 0.3) is 0 Å². The summed E-state index contributed by atoms with van der Waals surface area (Å²) >= 11 is 0. The topological polar surface area (TPSA) is 140 Å². The lowest BCUT2D eigenvalue weighted by Gasteiger charge is -2.32. The quantitative estimate of drug-likeness (QED) is 0.716. The minimum atomic E-state index is -3.94. The predicted octanol–water partition coefficient (Wildman–Crippen LogP) is 1.99. The summed E-state index contributed by atoms with van der Waals surface area (Å²) in [7, 11) is -3.94. The molecule has 31 heavy (non-hydrogen) atoms. The third-order valence-corrected chi connectivity index (χ3v) is 6.64. The minimum Gasteiger partial charge on any atom is -0.478 e. The highest BCUT2D eigenvalue weighted by Crippen LogP contribution is 2.27. The van der Waals surface area contributed by atoms with Gasteiger partial charge in [-0.3, -0.25) is 4.79 Å². The van der Waals surface area contributed by atoms with E-state index in [4.69, 9.17) is 0 Å². The van der Waals surface area contributed by atoms with Crippen molar-refractivity contribution in [3.05, 3.63) is 52.7 Å². The van der Waals surface area contributed by atoms with Gasteiger partial charge >= 0.3 is 5.97 Å². The van der Waals surface area contributed by atoms with E-state index >= 15 is 0 Å². The number of nitriles is 1. The number of rotatable bonds is 5. The zero-order valence-corrected chi connectivity index (χ0v) is 17.9. The largest absolute Gasteiger partial charge is 0.478 e. The van der Waals surface area contributed by atoms with Gasteiger partial charge in [0, 0.05) is 19.0 Å². The van der Waals surface area contributed by atoms with Crippen molar-refractivity contribution in [2.24, 2.45) is 5.92 Å². The van der Waals surface area contributed by atoms with Crippen LogP contribution < -0.4 is 9.62 Å². The molecule has 9 nitrogen and oxygen atoms in total. The van der Waals surface area contributed by atoms with E-state index in [2.05, 4.69) is 9.71 Å². The summed E-state index contributed by atoms with van der Waals surface area (Å²) in [6.07, 6.45) is 0.753. The van der Waals surface area contributed by atoms with E-state index in [0.29, 0.717) is 37.4 Å². The Hall–Kier alpha value is -3.45. The first-order valence-corrected chi connectivity index (χ1v) is 11.1. The molecular formula is C21H22N4O5S. The van der Waals surface area contributed by atoms with E-state index in [1.54, 1.807) is 19.1 Å². The number of aryl methyl sites for hydroxylation is 2. The van der Waals surface area contributed by atoms with Gasteiger partial charge in [0.05, 0.1) is 21.7 Å². The van der Waals surface area contributed by atoms with Gasteiger partial charge in [-0.1, -0.05) is 17.7 Å². The van der Waals surface area contributed by atoms with Gasteiger partial charge in [0.25, 0.3) is 10.0 Å². The van der Waals surface area contributed by atoms with Gasteiger partial charge in [-0.15, -0.1) is 0 Å². The van der Waals surface area contributed by atoms with Gasteiger partial charge in [-0.05, 0) is 44.9 Å². The van der Waals surface area contributed by atoms with Crippen molar-refractivity contribution in [3.8, 4) is 6.07 Å². The fourth-order valence-corrected chi connectivity index (χ4v) is 4.52. The number of carboxylic acids is 1. The average Bonchev–Trinajstić information content (AvgIpc) is 2.73. The standard InChI is InChI=1S/C21H22N4O5S/c1-13-3-5-17(6-4-13)31(29,30)24-20(26)15-7-9-25(10-8-15)19-16(12-22)11-18(21(27)28)14(2)23-19/h3-6,11,15H,7-10H2,1-2H3,(H,24,26)(H,27,28). The molecule has 2 aromatic rings. The van der Waals surface area contributed by atoms with E-state index in [1.165, 1.54) is 18.2 Å². The van der Waals surface area contributed by atoms with Gasteiger partial charge < -0.3 is 10.0 Å². The second-order valence-corrected chi connectivity index (χ2v) is 9.14. The van der Waals surface area contributed by atoms with E-state index in [9.17, 15) is 28.4 Å². The molecule has 1 aromatic heterocycles. The number of aromatic nitrogens is 1. The van der Waals surface area contributed by atoms with Crippen molar-refractivity contribution >= 4 is 27.7 Å². The Labute approximate surface area is 180 Å². The fourth-order valence-electron chi connectivity index (χ4n) is 3.48. The second-order valence-electron chi connectivity index (χ2n) is 7.45. The highest BCUT2D eigenvalue weighted by Gasteiger charge is 2.30. The smallest absolute Gasteiger partial charge is 0.337 e. The number of carbonyl (C=O) groups excluding carboxylic acids is 1. The lowest BCUT2D eigenvalue weighted by atomic mass is 9.96. The number of hydrogen-bond donors (Lipinski definition) is 2. The molecular weight excluding hydrogens is 420 g/mol. The number of amides is 1. The molecule has 0 bridgehead atoms. The number of carbonyl (C=O) groups is 2. The predicted molar refractivity (Wildman–Crippen MR) is 112 cm³/mol. The molecule has 2 N–H and O–H groups in total. The van der Waals surface area contributed by atoms with Gasteiger partial charge in [0.15, 0.2) is 0 Å². The van der Waals surface area contributed by atoms with Crippen molar-refractivity contribution in [2.75, 3.05) is 18.0 Å². The molecule has 0 atom stereocenters. The number of nitrogens with zero attached hydrogens (tertiary/aromatic N) is 3. The maximum absolute atomic E-state index is 12.6. The van der Waals surface area contributed by atoms with Crippen molar-refractivity contribution in [2.45, 2.75) is 31.6 Å². The van der Waals surface area contributed by atoms with Crippen molar-refractivity contribution in [3.63, 3.8) is 0 Å². The molecule has 0 unspecified atom stereocenters. The molecule has 1 amide bonds. The molecule has 0 radical (unpaired) electrons. The highest BCUT2D eigenvalue weighted by molar-refractivity contribution is 7.90. The molecule has 0 aliphatic carbocycles. The van der Waals surface area contributed by atoms with Gasteiger partial charge in [-0.25, -0.2) is 22.9 Å². The van der Waals surface area contributed by atoms with Crippen LogP contribution in [-0.4, -0.2) is 43.5 Å². The molecule has 1 saturated heterocycles. The van der Waals surface area contributed by atoms with Gasteiger partial charge in [0.1, 0.15) is 11.9 Å². The summed E-state index contributed by atoms with van der Waals surface area (Å²) in [6.45, 7) is 4.17. The van der Waals surface area contributed by atoms with Crippen LogP contribution in [-0.2, 0) is 14.8 Å². The zero-order chi connectivity index (χ0) is 22.8. The highest BCUT2D eigenvalue weighted by atomic mass is 32.2. The third kappa shape index (κ3) is 4.83. The van der Waals surface area contributed by atoms with Crippen LogP contribution in [0.15, 0.2) is 35.2 Å². The number of carboxylic acid groups (broad SMARTS) is 1. The summed E-state index contributed by atoms with van der Waals surface area (Å²) in [5.41, 5.74) is 1.32. The molecule has 162 valence electrons. The molecule has 3 rings (SSSR count). The lowest BCUT2D eigenvalue weighted by molar-refractivity contribution is -0.123. The van der Waals surface area contributed by atoms with E-state index in [-0.39, 0.29) is 16.0 Å². The normalized spacial score (nSPS) is 14.7. The number of benzene rings is 1. The van der Waals surface area contributed by atoms with E-state index in [1.807, 2.05) is 17.9 Å². The molecule has 1 fully saturated rings. The Kier molecular flexibility index (Phi) is 6.27. The maximum Gasteiger partial charge on any atom is 0.337 e. The Morgan fingerprint density at radius 2 is 1.81 bits per heavy atom. The van der Waals surface area contributed by atoms with Crippen LogP contribution in [0.2, 0.25) is 0 Å². The molecule has 1 aliphatic rings. The molecule has 0 saturated carbocycles. The summed E-state index contributed by atoms with van der Waals surface area (Å²) in [4.78, 5) is 30.0. The summed E-state index contributed by atoms with van der Waals surface area (Å²) in [5.74, 6) is -1.85. The third-order valence-electron chi connectivity index (χ3n) is 5.28. The molecule has 2 heterocycles. The Bertz CT molecular complexity index is 1160. The van der Waals surface area contributed by atoms with E-state index < -0.39 is 27.8 Å². The number of hydrogen-bond acceptors (Lipinski definition) is 7. The average molecular weight is 442 g/mol. The van der Waals surface area contributed by atoms with Crippen molar-refractivity contribution in [1.29, 1.82) is 5.26 Å². The first-order valence-electron chi connectivity index (χ1n) is 9.65. The van der Waals surface area contributed by atoms with Crippen LogP contribution in [0.1, 0.15) is 40.0 Å². The fraction of sp³-hybridized carbons (Fsp3) is 0.333. The molecule has 1 aromatic carbocycles. The van der Waals surface area contributed by atoms with Crippen molar-refractivity contribution < 1.29 is 23.1 Å². The maximum atomic E-state index is 12.6. The molecule has 1 aliphatic heterocycles. The SMILES string of the molecule is Cc1ccc(S(=O)(=O)NC(=O)C2CCN(c3nc(C)c(C(=O)O)cc3C#N)CC2)cc1. The van der Waals surface area contributed by atoms with Crippen LogP contribution in [0.4, 0.5) is 5.82 Å². The summed E-state index contributed by atoms with van der Waals surface area (Å²) < 4.78 is 27.1. The monoisotopic (exact) mass is 442 g/mol. The number of anilines is 1. The number of aromatic carboxylic acids is 1. The Balaban J connectivity index is 1.69. The lowest BCUT2D eigenvalue weighted by Crippen LogP contribution is -2.42. The summed E-state index contributed by atoms with van der Waals surface area (Å²) in [5, 5.41) is 18.6. The second kappa shape index (κ2) is 8.73. The van der Waals surface area contributed by atoms with Crippen LogP contribution >= 0.6 is 0 Å². The first kappa shape index (κ1) is 22.2. The number of nitrogens with one attached hydrogen (secondary N) is 1.